The van der Waals surface area contributed by atoms with Crippen LogP contribution in [0.3, 0.4) is 0 Å². The second-order valence-electron chi connectivity index (χ2n) is 6.72. The van der Waals surface area contributed by atoms with Gasteiger partial charge in [-0.1, -0.05) is 30.4 Å². The van der Waals surface area contributed by atoms with Crippen LogP contribution in [0.2, 0.25) is 0 Å². The van der Waals surface area contributed by atoms with Gasteiger partial charge in [0.1, 0.15) is 0 Å². The molecule has 0 amide bonds. The minimum Gasteiger partial charge on any atom is -0.305 e. The van der Waals surface area contributed by atoms with E-state index < -0.39 is 46.1 Å². The molecule has 2 aliphatic carbocycles. The highest BCUT2D eigenvalue weighted by molar-refractivity contribution is 7.92. The third-order valence-corrected chi connectivity index (χ3v) is 9.69. The van der Waals surface area contributed by atoms with Crippen LogP contribution in [0.5, 0.6) is 0 Å². The van der Waals surface area contributed by atoms with Crippen LogP contribution in [-0.2, 0) is 23.4 Å². The Hall–Kier alpha value is -1.08. The van der Waals surface area contributed by atoms with E-state index in [0.29, 0.717) is 0 Å². The van der Waals surface area contributed by atoms with Gasteiger partial charge in [-0.2, -0.15) is 8.78 Å². The minimum atomic E-state index is -4.83. The molecule has 0 radical (unpaired) electrons. The first kappa shape index (κ1) is 20.6. The maximum Gasteiger partial charge on any atom is 0.399 e. The van der Waals surface area contributed by atoms with Gasteiger partial charge in [0.15, 0.2) is 9.84 Å². The summed E-state index contributed by atoms with van der Waals surface area (Å²) in [5.74, 6) is -2.91. The van der Waals surface area contributed by atoms with Gasteiger partial charge in [0.05, 0.1) is 29.3 Å². The fraction of sp³-hybridized carbons (Fsp3) is 0.556. The van der Waals surface area contributed by atoms with Gasteiger partial charge >= 0.3 is 13.3 Å². The third-order valence-electron chi connectivity index (χ3n) is 5.18. The van der Waals surface area contributed by atoms with Crippen molar-refractivity contribution in [1.82, 2.24) is 0 Å². The molecular formula is C18H23F2O5PS. The standard InChI is InChI=1S/C18H23F2O5PS/c1-3-24-26(21,25-4-2)18(19,20)16-13-10-11-14(12-13)17(16)27(22,23)15-8-6-5-7-9-15/h5-11,13-14,16-17H,3-4,12H2,1-2H3/t13-,14+,16+,17+/m1/s1. The Kier molecular flexibility index (Phi) is 5.65. The Morgan fingerprint density at radius 1 is 1.07 bits per heavy atom. The van der Waals surface area contributed by atoms with Crippen LogP contribution in [0.1, 0.15) is 20.3 Å². The van der Waals surface area contributed by atoms with Crippen molar-refractivity contribution in [2.75, 3.05) is 13.2 Å². The van der Waals surface area contributed by atoms with Crippen LogP contribution in [0, 0.1) is 17.8 Å². The van der Waals surface area contributed by atoms with Gasteiger partial charge in [-0.15, -0.1) is 0 Å². The molecule has 9 heteroatoms. The number of halogens is 2. The summed E-state index contributed by atoms with van der Waals surface area (Å²) < 4.78 is 80.0. The number of rotatable bonds is 8. The van der Waals surface area contributed by atoms with E-state index in [4.69, 9.17) is 9.05 Å². The quantitative estimate of drug-likeness (QED) is 0.457. The number of sulfone groups is 1. The third kappa shape index (κ3) is 3.31. The lowest BCUT2D eigenvalue weighted by molar-refractivity contribution is -0.0204. The van der Waals surface area contributed by atoms with Crippen LogP contribution in [-0.4, -0.2) is 32.5 Å². The molecule has 1 aromatic rings. The number of hydrogen-bond acceptors (Lipinski definition) is 5. The molecule has 1 aromatic carbocycles. The fourth-order valence-electron chi connectivity index (χ4n) is 4.15. The molecule has 27 heavy (non-hydrogen) atoms. The van der Waals surface area contributed by atoms with E-state index in [1.165, 1.54) is 26.0 Å². The average Bonchev–Trinajstić information content (AvgIpc) is 3.24. The number of benzene rings is 1. The van der Waals surface area contributed by atoms with Crippen molar-refractivity contribution in [2.45, 2.75) is 36.1 Å². The zero-order chi connectivity index (χ0) is 19.9. The van der Waals surface area contributed by atoms with Crippen LogP contribution >= 0.6 is 7.60 Å². The first-order chi connectivity index (χ1) is 12.7. The van der Waals surface area contributed by atoms with Crippen LogP contribution in [0.25, 0.3) is 0 Å². The van der Waals surface area contributed by atoms with Crippen LogP contribution in [0.15, 0.2) is 47.4 Å². The van der Waals surface area contributed by atoms with E-state index in [0.717, 1.165) is 0 Å². The number of fused-ring (bicyclic) bond motifs is 2. The largest absolute Gasteiger partial charge is 0.399 e. The molecule has 5 nitrogen and oxygen atoms in total. The predicted octanol–water partition coefficient (Wildman–Crippen LogP) is 4.51. The smallest absolute Gasteiger partial charge is 0.305 e. The van der Waals surface area contributed by atoms with Gasteiger partial charge in [0.2, 0.25) is 0 Å². The molecule has 3 rings (SSSR count). The highest BCUT2D eigenvalue weighted by Gasteiger charge is 2.68. The van der Waals surface area contributed by atoms with Gasteiger partial charge in [0.25, 0.3) is 0 Å². The lowest BCUT2D eigenvalue weighted by atomic mass is 9.93. The van der Waals surface area contributed by atoms with Crippen molar-refractivity contribution < 1.29 is 30.8 Å². The van der Waals surface area contributed by atoms with Crippen molar-refractivity contribution in [1.29, 1.82) is 0 Å². The second kappa shape index (κ2) is 7.39. The Labute approximate surface area is 158 Å². The molecule has 1 saturated carbocycles. The van der Waals surface area contributed by atoms with Gasteiger partial charge < -0.3 is 9.05 Å². The summed E-state index contributed by atoms with van der Waals surface area (Å²) >= 11 is 0. The first-order valence-corrected chi connectivity index (χ1v) is 12.0. The summed E-state index contributed by atoms with van der Waals surface area (Å²) in [5.41, 5.74) is -3.92. The molecule has 0 heterocycles. The molecule has 1 fully saturated rings. The molecule has 150 valence electrons. The average molecular weight is 420 g/mol. The number of allylic oxidation sites excluding steroid dienone is 2. The van der Waals surface area contributed by atoms with Crippen LogP contribution < -0.4 is 0 Å². The molecule has 0 N–H and O–H groups in total. The summed E-state index contributed by atoms with van der Waals surface area (Å²) in [7, 11) is -8.89. The van der Waals surface area contributed by atoms with E-state index in [9.17, 15) is 13.0 Å². The Morgan fingerprint density at radius 3 is 2.19 bits per heavy atom. The lowest BCUT2D eigenvalue weighted by Gasteiger charge is -2.36. The van der Waals surface area contributed by atoms with Gasteiger partial charge in [-0.3, -0.25) is 4.57 Å². The fourth-order valence-corrected chi connectivity index (χ4v) is 8.34. The summed E-state index contributed by atoms with van der Waals surface area (Å²) in [6.45, 7) is 2.44. The van der Waals surface area contributed by atoms with E-state index in [1.54, 1.807) is 30.4 Å². The van der Waals surface area contributed by atoms with Gasteiger partial charge in [-0.05, 0) is 44.2 Å². The van der Waals surface area contributed by atoms with Crippen molar-refractivity contribution >= 4 is 17.4 Å². The van der Waals surface area contributed by atoms with Crippen molar-refractivity contribution in [3.63, 3.8) is 0 Å². The van der Waals surface area contributed by atoms with Gasteiger partial charge in [-0.25, -0.2) is 8.42 Å². The van der Waals surface area contributed by atoms with E-state index in [2.05, 4.69) is 0 Å². The van der Waals surface area contributed by atoms with Crippen molar-refractivity contribution in [3.05, 3.63) is 42.5 Å². The van der Waals surface area contributed by atoms with E-state index in [-0.39, 0.29) is 24.5 Å². The Bertz CT molecular complexity index is 846. The maximum absolute atomic E-state index is 15.5. The van der Waals surface area contributed by atoms with Crippen molar-refractivity contribution in [2.24, 2.45) is 17.8 Å². The van der Waals surface area contributed by atoms with Gasteiger partial charge in [0, 0.05) is 0 Å². The molecule has 2 bridgehead atoms. The first-order valence-electron chi connectivity index (χ1n) is 8.93. The Morgan fingerprint density at radius 2 is 1.63 bits per heavy atom. The molecular weight excluding hydrogens is 397 g/mol. The lowest BCUT2D eigenvalue weighted by Crippen LogP contribution is -2.44. The van der Waals surface area contributed by atoms with E-state index in [1.807, 2.05) is 0 Å². The van der Waals surface area contributed by atoms with Crippen LogP contribution in [0.4, 0.5) is 8.78 Å². The molecule has 4 atom stereocenters. The zero-order valence-electron chi connectivity index (χ0n) is 15.1. The Balaban J connectivity index is 2.08. The topological polar surface area (TPSA) is 69.7 Å². The minimum absolute atomic E-state index is 0.0144. The van der Waals surface area contributed by atoms with E-state index >= 15 is 8.78 Å². The predicted molar refractivity (Wildman–Crippen MR) is 97.4 cm³/mol. The molecule has 2 aliphatic rings. The molecule has 0 saturated heterocycles. The zero-order valence-corrected chi connectivity index (χ0v) is 16.8. The maximum atomic E-state index is 15.5. The molecule has 0 aliphatic heterocycles. The normalized spacial score (nSPS) is 28.0. The summed E-state index contributed by atoms with van der Waals surface area (Å²) in [6.07, 6.45) is 3.56. The summed E-state index contributed by atoms with van der Waals surface area (Å²) in [4.78, 5) is -0.0144. The number of alkyl halides is 2. The monoisotopic (exact) mass is 420 g/mol. The summed E-state index contributed by atoms with van der Waals surface area (Å²) in [5, 5.41) is -1.38. The van der Waals surface area contributed by atoms with Crippen molar-refractivity contribution in [3.8, 4) is 0 Å². The summed E-state index contributed by atoms with van der Waals surface area (Å²) in [6, 6.07) is 7.54. The highest BCUT2D eigenvalue weighted by atomic mass is 32.2. The molecule has 0 spiro atoms. The second-order valence-corrected chi connectivity index (χ2v) is 10.9. The molecule has 0 unspecified atom stereocenters. The highest BCUT2D eigenvalue weighted by Crippen LogP contribution is 2.70. The number of hydrogen-bond donors (Lipinski definition) is 0. The molecule has 0 aromatic heterocycles. The SMILES string of the molecule is CCOP(=O)(OCC)C(F)(F)[C@@H]1[C@@H](S(=O)(=O)c2ccccc2)[C@H]2C=C[C@@H]1C2.